The molecule has 1 N–H and O–H groups in total. The molecule has 0 aliphatic heterocycles. The van der Waals surface area contributed by atoms with Crippen LogP contribution in [-0.4, -0.2) is 16.5 Å². The summed E-state index contributed by atoms with van der Waals surface area (Å²) in [5.41, 5.74) is 1.86. The first-order valence-electron chi connectivity index (χ1n) is 6.13. The van der Waals surface area contributed by atoms with Crippen molar-refractivity contribution >= 4 is 11.6 Å². The second-order valence-corrected chi connectivity index (χ2v) is 4.61. The van der Waals surface area contributed by atoms with E-state index < -0.39 is 0 Å². The van der Waals surface area contributed by atoms with Crippen LogP contribution in [0.15, 0.2) is 30.6 Å². The summed E-state index contributed by atoms with van der Waals surface area (Å²) < 4.78 is 12.9. The second kappa shape index (κ2) is 6.59. The lowest BCUT2D eigenvalue weighted by Crippen LogP contribution is -2.12. The maximum absolute atomic E-state index is 12.9. The fraction of sp³-hybridized carbons (Fsp3) is 0.286. The zero-order valence-electron chi connectivity index (χ0n) is 10.7. The highest BCUT2D eigenvalue weighted by atomic mass is 35.5. The van der Waals surface area contributed by atoms with Crippen LogP contribution >= 0.6 is 11.6 Å². The van der Waals surface area contributed by atoms with E-state index in [1.165, 1.54) is 12.1 Å². The Morgan fingerprint density at radius 1 is 1.26 bits per heavy atom. The first-order valence-corrected chi connectivity index (χ1v) is 6.51. The Morgan fingerprint density at radius 2 is 2.00 bits per heavy atom. The van der Waals surface area contributed by atoms with Gasteiger partial charge in [0.2, 0.25) is 0 Å². The van der Waals surface area contributed by atoms with Crippen LogP contribution in [0, 0.1) is 5.82 Å². The molecule has 0 aliphatic rings. The molecule has 0 saturated heterocycles. The zero-order valence-corrected chi connectivity index (χ0v) is 11.4. The van der Waals surface area contributed by atoms with E-state index in [-0.39, 0.29) is 5.82 Å². The molecule has 0 aliphatic carbocycles. The van der Waals surface area contributed by atoms with Gasteiger partial charge in [0.25, 0.3) is 0 Å². The molecule has 3 nitrogen and oxygen atoms in total. The molecule has 0 unspecified atom stereocenters. The molecule has 0 atom stereocenters. The highest BCUT2D eigenvalue weighted by molar-refractivity contribution is 6.31. The Bertz CT molecular complexity index is 543. The predicted octanol–water partition coefficient (Wildman–Crippen LogP) is 2.97. The van der Waals surface area contributed by atoms with Crippen molar-refractivity contribution in [3.05, 3.63) is 58.4 Å². The topological polar surface area (TPSA) is 37.8 Å². The highest BCUT2D eigenvalue weighted by Gasteiger charge is 2.05. The molecule has 2 aromatic rings. The molecular weight excluding hydrogens is 265 g/mol. The third-order valence-corrected chi connectivity index (χ3v) is 3.05. The summed E-state index contributed by atoms with van der Waals surface area (Å²) >= 11 is 5.97. The minimum atomic E-state index is -0.337. The van der Waals surface area contributed by atoms with Crippen LogP contribution in [-0.2, 0) is 13.0 Å². The molecule has 0 saturated carbocycles. The lowest BCUT2D eigenvalue weighted by Gasteiger charge is -2.05. The van der Waals surface area contributed by atoms with Gasteiger partial charge >= 0.3 is 0 Å². The largest absolute Gasteiger partial charge is 0.313 e. The number of hydrogen-bond donors (Lipinski definition) is 1. The molecule has 0 bridgehead atoms. The number of benzene rings is 1. The van der Waals surface area contributed by atoms with E-state index in [4.69, 9.17) is 11.6 Å². The molecule has 1 aromatic heterocycles. The van der Waals surface area contributed by atoms with Gasteiger partial charge in [0.05, 0.1) is 0 Å². The standard InChI is InChI=1S/C14H15ClFN3/c1-2-17-7-10-8-18-14(19-9-10)5-11-3-4-12(16)6-13(11)15/h3-4,6,8-9,17H,2,5,7H2,1H3. The average molecular weight is 280 g/mol. The van der Waals surface area contributed by atoms with E-state index in [0.29, 0.717) is 17.3 Å². The third kappa shape index (κ3) is 3.98. The maximum atomic E-state index is 12.9. The van der Waals surface area contributed by atoms with Crippen molar-refractivity contribution < 1.29 is 4.39 Å². The minimum Gasteiger partial charge on any atom is -0.313 e. The van der Waals surface area contributed by atoms with Gasteiger partial charge in [-0.3, -0.25) is 0 Å². The first kappa shape index (κ1) is 13.9. The predicted molar refractivity (Wildman–Crippen MR) is 73.6 cm³/mol. The number of rotatable bonds is 5. The van der Waals surface area contributed by atoms with Gasteiger partial charge < -0.3 is 5.32 Å². The number of nitrogens with zero attached hydrogens (tertiary/aromatic N) is 2. The smallest absolute Gasteiger partial charge is 0.132 e. The van der Waals surface area contributed by atoms with Crippen LogP contribution in [0.2, 0.25) is 5.02 Å². The molecule has 100 valence electrons. The Kier molecular flexibility index (Phi) is 4.82. The SMILES string of the molecule is CCNCc1cnc(Cc2ccc(F)cc2Cl)nc1. The molecular formula is C14H15ClFN3. The van der Waals surface area contributed by atoms with Crippen molar-refractivity contribution in [2.45, 2.75) is 19.9 Å². The van der Waals surface area contributed by atoms with E-state index in [0.717, 1.165) is 24.2 Å². The van der Waals surface area contributed by atoms with Gasteiger partial charge in [-0.1, -0.05) is 24.6 Å². The summed E-state index contributed by atoms with van der Waals surface area (Å²) in [6.45, 7) is 3.72. The molecule has 0 amide bonds. The van der Waals surface area contributed by atoms with Crippen molar-refractivity contribution in [2.75, 3.05) is 6.54 Å². The van der Waals surface area contributed by atoms with Gasteiger partial charge in [0.15, 0.2) is 0 Å². The quantitative estimate of drug-likeness (QED) is 0.914. The van der Waals surface area contributed by atoms with Gasteiger partial charge in [-0.25, -0.2) is 14.4 Å². The van der Waals surface area contributed by atoms with E-state index in [1.54, 1.807) is 18.5 Å². The summed E-state index contributed by atoms with van der Waals surface area (Å²) in [5, 5.41) is 3.61. The fourth-order valence-electron chi connectivity index (χ4n) is 1.67. The summed E-state index contributed by atoms with van der Waals surface area (Å²) in [6, 6.07) is 4.35. The second-order valence-electron chi connectivity index (χ2n) is 4.20. The van der Waals surface area contributed by atoms with Gasteiger partial charge in [0.1, 0.15) is 11.6 Å². The van der Waals surface area contributed by atoms with Gasteiger partial charge in [-0.15, -0.1) is 0 Å². The number of halogens is 2. The van der Waals surface area contributed by atoms with Crippen LogP contribution in [0.5, 0.6) is 0 Å². The molecule has 19 heavy (non-hydrogen) atoms. The third-order valence-electron chi connectivity index (χ3n) is 2.70. The van der Waals surface area contributed by atoms with E-state index >= 15 is 0 Å². The van der Waals surface area contributed by atoms with Crippen molar-refractivity contribution in [3.8, 4) is 0 Å². The normalized spacial score (nSPS) is 10.7. The molecule has 0 spiro atoms. The summed E-state index contributed by atoms with van der Waals surface area (Å²) in [7, 11) is 0. The van der Waals surface area contributed by atoms with Crippen molar-refractivity contribution in [1.82, 2.24) is 15.3 Å². The van der Waals surface area contributed by atoms with Gasteiger partial charge in [0, 0.05) is 35.9 Å². The van der Waals surface area contributed by atoms with Crippen LogP contribution < -0.4 is 5.32 Å². The number of hydrogen-bond acceptors (Lipinski definition) is 3. The fourth-order valence-corrected chi connectivity index (χ4v) is 1.90. The first-order chi connectivity index (χ1) is 9.19. The Hall–Kier alpha value is -1.52. The van der Waals surface area contributed by atoms with Crippen molar-refractivity contribution in [1.29, 1.82) is 0 Å². The molecule has 1 heterocycles. The van der Waals surface area contributed by atoms with Crippen LogP contribution in [0.1, 0.15) is 23.9 Å². The number of aromatic nitrogens is 2. The summed E-state index contributed by atoms with van der Waals surface area (Å²) in [4.78, 5) is 8.57. The average Bonchev–Trinajstić information content (AvgIpc) is 2.41. The van der Waals surface area contributed by atoms with E-state index in [9.17, 15) is 4.39 Å². The Balaban J connectivity index is 2.06. The van der Waals surface area contributed by atoms with E-state index in [1.807, 2.05) is 6.92 Å². The van der Waals surface area contributed by atoms with Gasteiger partial charge in [-0.2, -0.15) is 0 Å². The molecule has 0 fully saturated rings. The van der Waals surface area contributed by atoms with Crippen molar-refractivity contribution in [2.24, 2.45) is 0 Å². The molecule has 5 heteroatoms. The lowest BCUT2D eigenvalue weighted by molar-refractivity contribution is 0.627. The monoisotopic (exact) mass is 279 g/mol. The lowest BCUT2D eigenvalue weighted by atomic mass is 10.1. The Labute approximate surface area is 116 Å². The highest BCUT2D eigenvalue weighted by Crippen LogP contribution is 2.19. The minimum absolute atomic E-state index is 0.337. The Morgan fingerprint density at radius 3 is 2.63 bits per heavy atom. The van der Waals surface area contributed by atoms with Crippen LogP contribution in [0.25, 0.3) is 0 Å². The molecule has 1 aromatic carbocycles. The van der Waals surface area contributed by atoms with Crippen LogP contribution in [0.3, 0.4) is 0 Å². The molecule has 2 rings (SSSR count). The summed E-state index contributed by atoms with van der Waals surface area (Å²) in [6.07, 6.45) is 4.09. The zero-order chi connectivity index (χ0) is 13.7. The number of nitrogens with one attached hydrogen (secondary N) is 1. The van der Waals surface area contributed by atoms with Crippen molar-refractivity contribution in [3.63, 3.8) is 0 Å². The van der Waals surface area contributed by atoms with E-state index in [2.05, 4.69) is 15.3 Å². The maximum Gasteiger partial charge on any atom is 0.132 e. The van der Waals surface area contributed by atoms with Gasteiger partial charge in [-0.05, 0) is 24.2 Å². The van der Waals surface area contributed by atoms with Crippen LogP contribution in [0.4, 0.5) is 4.39 Å². The summed E-state index contributed by atoms with van der Waals surface area (Å²) in [5.74, 6) is 0.337. The molecule has 0 radical (unpaired) electrons.